The van der Waals surface area contributed by atoms with Gasteiger partial charge in [0.25, 0.3) is 0 Å². The third kappa shape index (κ3) is 2.35. The molecule has 2 N–H and O–H groups in total. The molecular weight excluding hydrogens is 257 g/mol. The number of carbonyl (C=O) groups is 1. The van der Waals surface area contributed by atoms with Gasteiger partial charge in [-0.3, -0.25) is 5.32 Å². The molecule has 6 heteroatoms. The van der Waals surface area contributed by atoms with E-state index in [0.29, 0.717) is 4.47 Å². The quantitative estimate of drug-likeness (QED) is 0.863. The molecule has 14 heavy (non-hydrogen) atoms. The molecule has 0 fully saturated rings. The van der Waals surface area contributed by atoms with Crippen molar-refractivity contribution in [2.45, 2.75) is 0 Å². The number of halogens is 2. The number of anilines is 1. The van der Waals surface area contributed by atoms with Crippen molar-refractivity contribution in [2.75, 3.05) is 12.4 Å². The fourth-order valence-corrected chi connectivity index (χ4v) is 1.32. The van der Waals surface area contributed by atoms with Crippen LogP contribution < -0.4 is 10.1 Å². The van der Waals surface area contributed by atoms with E-state index in [4.69, 9.17) is 9.84 Å². The molecule has 0 radical (unpaired) electrons. The zero-order chi connectivity index (χ0) is 10.7. The normalized spacial score (nSPS) is 9.64. The van der Waals surface area contributed by atoms with Crippen molar-refractivity contribution in [3.05, 3.63) is 22.4 Å². The van der Waals surface area contributed by atoms with Gasteiger partial charge in [0.15, 0.2) is 11.6 Å². The first-order valence-electron chi connectivity index (χ1n) is 3.57. The topological polar surface area (TPSA) is 58.6 Å². The summed E-state index contributed by atoms with van der Waals surface area (Å²) in [6, 6.07) is 2.39. The first-order chi connectivity index (χ1) is 6.54. The van der Waals surface area contributed by atoms with Crippen LogP contribution in [0.5, 0.6) is 5.75 Å². The highest BCUT2D eigenvalue weighted by Gasteiger charge is 2.09. The standard InChI is InChI=1S/C8H7BrFNO3/c1-14-7-2-4(9)6(3-5(7)10)11-8(12)13/h2-3,11H,1H3,(H,12,13). The summed E-state index contributed by atoms with van der Waals surface area (Å²) in [7, 11) is 1.33. The maximum atomic E-state index is 13.1. The molecule has 1 amide bonds. The second-order valence-electron chi connectivity index (χ2n) is 2.40. The summed E-state index contributed by atoms with van der Waals surface area (Å²) in [5.74, 6) is -0.577. The lowest BCUT2D eigenvalue weighted by Gasteiger charge is -2.07. The number of nitrogens with one attached hydrogen (secondary N) is 1. The lowest BCUT2D eigenvalue weighted by molar-refractivity contribution is 0.209. The predicted octanol–water partition coefficient (Wildman–Crippen LogP) is 2.69. The van der Waals surface area contributed by atoms with E-state index in [1.807, 2.05) is 5.32 Å². The Morgan fingerprint density at radius 2 is 2.29 bits per heavy atom. The van der Waals surface area contributed by atoms with Gasteiger partial charge in [-0.1, -0.05) is 0 Å². The SMILES string of the molecule is COc1cc(Br)c(NC(=O)O)cc1F. The number of hydrogen-bond acceptors (Lipinski definition) is 2. The molecule has 76 valence electrons. The van der Waals surface area contributed by atoms with Gasteiger partial charge in [0, 0.05) is 10.5 Å². The molecule has 0 saturated heterocycles. The minimum Gasteiger partial charge on any atom is -0.494 e. The molecule has 0 unspecified atom stereocenters. The molecule has 1 rings (SSSR count). The number of hydrogen-bond donors (Lipinski definition) is 2. The molecule has 0 spiro atoms. The summed E-state index contributed by atoms with van der Waals surface area (Å²) >= 11 is 3.08. The Morgan fingerprint density at radius 1 is 1.64 bits per heavy atom. The van der Waals surface area contributed by atoms with Crippen LogP contribution in [0.2, 0.25) is 0 Å². The molecular formula is C8H7BrFNO3. The fraction of sp³-hybridized carbons (Fsp3) is 0.125. The van der Waals surface area contributed by atoms with Crippen LogP contribution in [0.15, 0.2) is 16.6 Å². The van der Waals surface area contributed by atoms with Gasteiger partial charge in [0.05, 0.1) is 12.8 Å². The molecule has 0 atom stereocenters. The average Bonchev–Trinajstić information content (AvgIpc) is 2.10. The fourth-order valence-electron chi connectivity index (χ4n) is 0.896. The van der Waals surface area contributed by atoms with Crippen molar-refractivity contribution < 1.29 is 19.0 Å². The Labute approximate surface area is 87.8 Å². The first kappa shape index (κ1) is 10.8. The van der Waals surface area contributed by atoms with Gasteiger partial charge >= 0.3 is 6.09 Å². The maximum Gasteiger partial charge on any atom is 0.409 e. The highest BCUT2D eigenvalue weighted by atomic mass is 79.9. The monoisotopic (exact) mass is 263 g/mol. The van der Waals surface area contributed by atoms with E-state index in [0.717, 1.165) is 6.07 Å². The van der Waals surface area contributed by atoms with E-state index in [9.17, 15) is 9.18 Å². The number of carboxylic acid groups (broad SMARTS) is 1. The van der Waals surface area contributed by atoms with E-state index in [2.05, 4.69) is 15.9 Å². The number of ether oxygens (including phenoxy) is 1. The van der Waals surface area contributed by atoms with Crippen molar-refractivity contribution in [3.63, 3.8) is 0 Å². The smallest absolute Gasteiger partial charge is 0.409 e. The summed E-state index contributed by atoms with van der Waals surface area (Å²) in [6.07, 6.45) is -1.25. The third-order valence-electron chi connectivity index (χ3n) is 1.48. The van der Waals surface area contributed by atoms with E-state index in [1.165, 1.54) is 13.2 Å². The van der Waals surface area contributed by atoms with Crippen LogP contribution in [-0.4, -0.2) is 18.3 Å². The maximum absolute atomic E-state index is 13.1. The van der Waals surface area contributed by atoms with Crippen molar-refractivity contribution in [1.82, 2.24) is 0 Å². The summed E-state index contributed by atoms with van der Waals surface area (Å²) in [5.41, 5.74) is 0.135. The Balaban J connectivity index is 3.08. The van der Waals surface area contributed by atoms with Crippen LogP contribution in [-0.2, 0) is 0 Å². The summed E-state index contributed by atoms with van der Waals surface area (Å²) in [4.78, 5) is 10.3. The molecule has 0 aliphatic carbocycles. The van der Waals surface area contributed by atoms with E-state index in [1.54, 1.807) is 0 Å². The lowest BCUT2D eigenvalue weighted by atomic mass is 10.3. The zero-order valence-corrected chi connectivity index (χ0v) is 8.76. The molecule has 0 aliphatic heterocycles. The van der Waals surface area contributed by atoms with Crippen LogP contribution in [0, 0.1) is 5.82 Å². The zero-order valence-electron chi connectivity index (χ0n) is 7.17. The van der Waals surface area contributed by atoms with E-state index < -0.39 is 11.9 Å². The van der Waals surface area contributed by atoms with E-state index >= 15 is 0 Å². The number of benzene rings is 1. The minimum atomic E-state index is -1.25. The summed E-state index contributed by atoms with van der Waals surface area (Å²) in [5, 5.41) is 10.5. The Kier molecular flexibility index (Phi) is 3.29. The van der Waals surface area contributed by atoms with Crippen molar-refractivity contribution in [1.29, 1.82) is 0 Å². The second-order valence-corrected chi connectivity index (χ2v) is 3.25. The number of amides is 1. The molecule has 0 bridgehead atoms. The summed E-state index contributed by atoms with van der Waals surface area (Å²) < 4.78 is 18.2. The van der Waals surface area contributed by atoms with Crippen LogP contribution >= 0.6 is 15.9 Å². The van der Waals surface area contributed by atoms with Gasteiger partial charge in [-0.15, -0.1) is 0 Å². The largest absolute Gasteiger partial charge is 0.494 e. The van der Waals surface area contributed by atoms with Gasteiger partial charge < -0.3 is 9.84 Å². The van der Waals surface area contributed by atoms with Crippen LogP contribution in [0.25, 0.3) is 0 Å². The predicted molar refractivity (Wildman–Crippen MR) is 52.3 cm³/mol. The highest BCUT2D eigenvalue weighted by Crippen LogP contribution is 2.29. The van der Waals surface area contributed by atoms with Crippen LogP contribution in [0.3, 0.4) is 0 Å². The van der Waals surface area contributed by atoms with Crippen LogP contribution in [0.4, 0.5) is 14.9 Å². The first-order valence-corrected chi connectivity index (χ1v) is 4.37. The van der Waals surface area contributed by atoms with Crippen molar-refractivity contribution in [3.8, 4) is 5.75 Å². The number of methoxy groups -OCH3 is 1. The Hall–Kier alpha value is -1.30. The second kappa shape index (κ2) is 4.28. The molecule has 0 aliphatic rings. The molecule has 0 saturated carbocycles. The van der Waals surface area contributed by atoms with Crippen molar-refractivity contribution >= 4 is 27.7 Å². The third-order valence-corrected chi connectivity index (χ3v) is 2.14. The van der Waals surface area contributed by atoms with Crippen molar-refractivity contribution in [2.24, 2.45) is 0 Å². The minimum absolute atomic E-state index is 0.0489. The highest BCUT2D eigenvalue weighted by molar-refractivity contribution is 9.10. The van der Waals surface area contributed by atoms with Gasteiger partial charge in [-0.2, -0.15) is 0 Å². The molecule has 4 nitrogen and oxygen atoms in total. The van der Waals surface area contributed by atoms with Gasteiger partial charge in [-0.25, -0.2) is 9.18 Å². The molecule has 0 aromatic heterocycles. The Morgan fingerprint density at radius 3 is 2.79 bits per heavy atom. The lowest BCUT2D eigenvalue weighted by Crippen LogP contribution is -2.08. The summed E-state index contributed by atoms with van der Waals surface area (Å²) in [6.45, 7) is 0. The Bertz CT molecular complexity index is 370. The van der Waals surface area contributed by atoms with Gasteiger partial charge in [0.2, 0.25) is 0 Å². The van der Waals surface area contributed by atoms with Gasteiger partial charge in [0.1, 0.15) is 0 Å². The molecule has 1 aromatic rings. The average molecular weight is 264 g/mol. The van der Waals surface area contributed by atoms with Crippen LogP contribution in [0.1, 0.15) is 0 Å². The number of rotatable bonds is 2. The molecule has 0 heterocycles. The van der Waals surface area contributed by atoms with Gasteiger partial charge in [-0.05, 0) is 22.0 Å². The molecule has 1 aromatic carbocycles. The van der Waals surface area contributed by atoms with E-state index in [-0.39, 0.29) is 11.4 Å².